The van der Waals surface area contributed by atoms with E-state index < -0.39 is 0 Å². The van der Waals surface area contributed by atoms with Crippen LogP contribution in [0.25, 0.3) is 0 Å². The van der Waals surface area contributed by atoms with Gasteiger partial charge in [0.25, 0.3) is 0 Å². The Morgan fingerprint density at radius 2 is 2.05 bits per heavy atom. The topological polar surface area (TPSA) is 44.5 Å². The van der Waals surface area contributed by atoms with Crippen LogP contribution in [0.15, 0.2) is 18.2 Å². The first kappa shape index (κ1) is 13.3. The molecule has 3 aliphatic rings. The minimum Gasteiger partial charge on any atom is -0.299 e. The highest BCUT2D eigenvalue weighted by atomic mass is 35.5. The van der Waals surface area contributed by atoms with Crippen molar-refractivity contribution in [3.63, 3.8) is 0 Å². The second-order valence-electron chi connectivity index (χ2n) is 5.21. The smallest absolute Gasteiger partial charge is 0.123 e. The van der Waals surface area contributed by atoms with Crippen LogP contribution < -0.4 is 11.3 Å². The molecule has 3 saturated heterocycles. The van der Waals surface area contributed by atoms with E-state index in [9.17, 15) is 4.39 Å². The van der Waals surface area contributed by atoms with Gasteiger partial charge in [-0.3, -0.25) is 21.1 Å². The van der Waals surface area contributed by atoms with Crippen molar-refractivity contribution in [3.8, 4) is 0 Å². The van der Waals surface area contributed by atoms with Crippen molar-refractivity contribution < 1.29 is 4.39 Å². The van der Waals surface area contributed by atoms with E-state index in [-0.39, 0.29) is 17.9 Å². The molecule has 4 rings (SSSR count). The minimum atomic E-state index is -0.282. The lowest BCUT2D eigenvalue weighted by molar-refractivity contribution is -0.00371. The molecule has 0 spiro atoms. The lowest BCUT2D eigenvalue weighted by Crippen LogP contribution is -2.64. The molecule has 3 N–H and O–H groups in total. The molecule has 3 fully saturated rings. The van der Waals surface area contributed by atoms with Crippen LogP contribution in [0, 0.1) is 5.82 Å². The average Bonchev–Trinajstić information content (AvgIpc) is 2.45. The lowest BCUT2D eigenvalue weighted by Gasteiger charge is -2.50. The van der Waals surface area contributed by atoms with Crippen molar-refractivity contribution in [1.82, 2.24) is 15.2 Å². The Morgan fingerprint density at radius 1 is 1.32 bits per heavy atom. The van der Waals surface area contributed by atoms with Crippen molar-refractivity contribution in [2.24, 2.45) is 5.84 Å². The molecule has 2 bridgehead atoms. The third-order valence-electron chi connectivity index (χ3n) is 4.18. The molecule has 0 radical (unpaired) electrons. The van der Waals surface area contributed by atoms with Gasteiger partial charge in [0.2, 0.25) is 0 Å². The zero-order valence-corrected chi connectivity index (χ0v) is 11.4. The number of nitrogens with two attached hydrogens (primary N) is 1. The Bertz CT molecular complexity index is 462. The SMILES string of the molecule is NNC(c1cc(F)ccc1Cl)C1CN2CCN1CC2. The molecule has 3 aliphatic heterocycles. The van der Waals surface area contributed by atoms with Crippen LogP contribution in [0.2, 0.25) is 5.02 Å². The molecular weight excluding hydrogens is 267 g/mol. The molecular formula is C13H18ClFN4. The molecule has 0 saturated carbocycles. The van der Waals surface area contributed by atoms with Gasteiger partial charge in [0, 0.05) is 43.8 Å². The highest BCUT2D eigenvalue weighted by molar-refractivity contribution is 6.31. The first-order chi connectivity index (χ1) is 9.19. The van der Waals surface area contributed by atoms with Gasteiger partial charge in [-0.05, 0) is 23.8 Å². The molecule has 6 heteroatoms. The van der Waals surface area contributed by atoms with Crippen molar-refractivity contribution >= 4 is 11.6 Å². The second-order valence-corrected chi connectivity index (χ2v) is 5.62. The van der Waals surface area contributed by atoms with Crippen LogP contribution in [0.5, 0.6) is 0 Å². The maximum atomic E-state index is 13.4. The number of hydrogen-bond acceptors (Lipinski definition) is 4. The molecule has 1 aromatic carbocycles. The van der Waals surface area contributed by atoms with Crippen molar-refractivity contribution in [2.75, 3.05) is 32.7 Å². The summed E-state index contributed by atoms with van der Waals surface area (Å²) in [5.41, 5.74) is 3.56. The summed E-state index contributed by atoms with van der Waals surface area (Å²) in [7, 11) is 0. The van der Waals surface area contributed by atoms with Gasteiger partial charge in [0.15, 0.2) is 0 Å². The molecule has 19 heavy (non-hydrogen) atoms. The van der Waals surface area contributed by atoms with Gasteiger partial charge in [-0.25, -0.2) is 4.39 Å². The maximum Gasteiger partial charge on any atom is 0.123 e. The van der Waals surface area contributed by atoms with Crippen molar-refractivity contribution in [1.29, 1.82) is 0 Å². The van der Waals surface area contributed by atoms with E-state index in [0.29, 0.717) is 5.02 Å². The molecule has 4 nitrogen and oxygen atoms in total. The van der Waals surface area contributed by atoms with Gasteiger partial charge in [0.05, 0.1) is 6.04 Å². The monoisotopic (exact) mass is 284 g/mol. The van der Waals surface area contributed by atoms with Gasteiger partial charge in [0.1, 0.15) is 5.82 Å². The Labute approximate surface area is 117 Å². The molecule has 0 amide bonds. The van der Waals surface area contributed by atoms with E-state index in [4.69, 9.17) is 17.4 Å². The largest absolute Gasteiger partial charge is 0.299 e. The van der Waals surface area contributed by atoms with E-state index in [1.54, 1.807) is 6.07 Å². The number of nitrogens with one attached hydrogen (secondary N) is 1. The zero-order chi connectivity index (χ0) is 13.4. The van der Waals surface area contributed by atoms with Crippen LogP contribution in [-0.2, 0) is 0 Å². The van der Waals surface area contributed by atoms with Crippen LogP contribution in [-0.4, -0.2) is 48.6 Å². The minimum absolute atomic E-state index is 0.147. The summed E-state index contributed by atoms with van der Waals surface area (Å²) in [6.07, 6.45) is 0. The molecule has 0 aliphatic carbocycles. The number of halogens is 2. The summed E-state index contributed by atoms with van der Waals surface area (Å²) < 4.78 is 13.4. The first-order valence-corrected chi connectivity index (χ1v) is 6.94. The van der Waals surface area contributed by atoms with Crippen molar-refractivity contribution in [2.45, 2.75) is 12.1 Å². The molecule has 1 aromatic rings. The van der Waals surface area contributed by atoms with E-state index in [0.717, 1.165) is 38.3 Å². The Hall–Kier alpha value is -0.720. The van der Waals surface area contributed by atoms with E-state index in [2.05, 4.69) is 15.2 Å². The number of piperazine rings is 3. The van der Waals surface area contributed by atoms with E-state index in [1.165, 1.54) is 12.1 Å². The third kappa shape index (κ3) is 2.49. The quantitative estimate of drug-likeness (QED) is 0.642. The summed E-state index contributed by atoms with van der Waals surface area (Å²) in [4.78, 5) is 4.83. The fraction of sp³-hybridized carbons (Fsp3) is 0.538. The summed E-state index contributed by atoms with van der Waals surface area (Å²) >= 11 is 6.20. The Balaban J connectivity index is 1.90. The second kappa shape index (κ2) is 5.34. The Kier molecular flexibility index (Phi) is 3.73. The zero-order valence-electron chi connectivity index (χ0n) is 10.6. The van der Waals surface area contributed by atoms with E-state index >= 15 is 0 Å². The summed E-state index contributed by atoms with van der Waals surface area (Å²) in [6, 6.07) is 4.54. The standard InChI is InChI=1S/C13H18ClFN4/c14-11-2-1-9(15)7-10(11)13(17-16)12-8-18-3-5-19(12)6-4-18/h1-2,7,12-13,17H,3-6,8,16H2. The van der Waals surface area contributed by atoms with Gasteiger partial charge in [-0.15, -0.1) is 0 Å². The highest BCUT2D eigenvalue weighted by Crippen LogP contribution is 2.31. The van der Waals surface area contributed by atoms with Crippen LogP contribution in [0.4, 0.5) is 4.39 Å². The first-order valence-electron chi connectivity index (χ1n) is 6.56. The number of nitrogens with zero attached hydrogens (tertiary/aromatic N) is 2. The third-order valence-corrected chi connectivity index (χ3v) is 4.52. The predicted molar refractivity (Wildman–Crippen MR) is 73.3 cm³/mol. The fourth-order valence-electron chi connectivity index (χ4n) is 3.13. The highest BCUT2D eigenvalue weighted by Gasteiger charge is 2.37. The lowest BCUT2D eigenvalue weighted by atomic mass is 9.94. The molecule has 2 unspecified atom stereocenters. The number of rotatable bonds is 3. The van der Waals surface area contributed by atoms with Crippen LogP contribution in [0.1, 0.15) is 11.6 Å². The normalized spacial score (nSPS) is 31.4. The number of fused-ring (bicyclic) bond motifs is 3. The predicted octanol–water partition coefficient (Wildman–Crippen LogP) is 0.983. The van der Waals surface area contributed by atoms with Crippen LogP contribution in [0.3, 0.4) is 0 Å². The molecule has 104 valence electrons. The summed E-state index contributed by atoms with van der Waals surface area (Å²) in [5.74, 6) is 5.43. The van der Waals surface area contributed by atoms with Crippen molar-refractivity contribution in [3.05, 3.63) is 34.6 Å². The summed E-state index contributed by atoms with van der Waals surface area (Å²) in [5, 5.41) is 0.557. The number of benzene rings is 1. The molecule has 3 heterocycles. The number of hydrazine groups is 1. The fourth-order valence-corrected chi connectivity index (χ4v) is 3.37. The average molecular weight is 285 g/mol. The summed E-state index contributed by atoms with van der Waals surface area (Å²) in [6.45, 7) is 5.22. The van der Waals surface area contributed by atoms with Gasteiger partial charge >= 0.3 is 0 Å². The van der Waals surface area contributed by atoms with Crippen LogP contribution >= 0.6 is 11.6 Å². The van der Waals surface area contributed by atoms with E-state index in [1.807, 2.05) is 0 Å². The van der Waals surface area contributed by atoms with Gasteiger partial charge in [-0.1, -0.05) is 11.6 Å². The maximum absolute atomic E-state index is 13.4. The Morgan fingerprint density at radius 3 is 2.63 bits per heavy atom. The van der Waals surface area contributed by atoms with Gasteiger partial charge in [-0.2, -0.15) is 0 Å². The number of hydrogen-bond donors (Lipinski definition) is 2. The van der Waals surface area contributed by atoms with Gasteiger partial charge < -0.3 is 0 Å². The molecule has 0 aromatic heterocycles. The molecule has 2 atom stereocenters.